The van der Waals surface area contributed by atoms with Gasteiger partial charge >= 0.3 is 11.9 Å². The van der Waals surface area contributed by atoms with E-state index in [4.69, 9.17) is 22.4 Å². The zero-order valence-electron chi connectivity index (χ0n) is 7.36. The molecule has 14 heavy (non-hydrogen) atoms. The molecule has 0 aromatic heterocycles. The maximum absolute atomic E-state index is 10.3. The maximum Gasteiger partial charge on any atom is 0.342 e. The molecule has 2 N–H and O–H groups in total. The highest BCUT2D eigenvalue weighted by atomic mass is 32.1. The summed E-state index contributed by atoms with van der Waals surface area (Å²) >= 11 is 9.42. The number of carboxylic acid groups (broad SMARTS) is 2. The van der Waals surface area contributed by atoms with Crippen LogP contribution in [0.3, 0.4) is 0 Å². The van der Waals surface area contributed by atoms with Crippen molar-refractivity contribution in [2.24, 2.45) is 0 Å². The Kier molecular flexibility index (Phi) is 6.14. The molecule has 0 aliphatic rings. The number of hydrogen-bond donors (Lipinski definition) is 2. The molecule has 6 heteroatoms. The second-order valence-electron chi connectivity index (χ2n) is 2.66. The van der Waals surface area contributed by atoms with Crippen molar-refractivity contribution >= 4 is 46.1 Å². The minimum Gasteiger partial charge on any atom is -0.481 e. The van der Waals surface area contributed by atoms with Crippen LogP contribution in [0, 0.1) is 0 Å². The van der Waals surface area contributed by atoms with Crippen LogP contribution >= 0.6 is 24.4 Å². The molecule has 78 valence electrons. The first-order chi connectivity index (χ1) is 6.43. The average Bonchev–Trinajstić information content (AvgIpc) is 2.10. The van der Waals surface area contributed by atoms with Crippen molar-refractivity contribution in [3.8, 4) is 0 Å². The van der Waals surface area contributed by atoms with Gasteiger partial charge in [-0.2, -0.15) is 0 Å². The van der Waals surface area contributed by atoms with Crippen LogP contribution in [0.1, 0.15) is 25.7 Å². The van der Waals surface area contributed by atoms with Crippen molar-refractivity contribution in [3.63, 3.8) is 0 Å². The fraction of sp³-hybridized carbons (Fsp3) is 0.500. The molecule has 0 aromatic rings. The first-order valence-corrected chi connectivity index (χ1v) is 4.74. The Hall–Kier alpha value is -0.880. The van der Waals surface area contributed by atoms with E-state index < -0.39 is 11.9 Å². The minimum absolute atomic E-state index is 0.0152. The zero-order chi connectivity index (χ0) is 11.1. The average molecular weight is 234 g/mol. The van der Waals surface area contributed by atoms with Crippen LogP contribution in [0.25, 0.3) is 0 Å². The van der Waals surface area contributed by atoms with Gasteiger partial charge in [0.25, 0.3) is 0 Å². The first-order valence-electron chi connectivity index (χ1n) is 3.93. The van der Waals surface area contributed by atoms with E-state index in [1.165, 1.54) is 0 Å². The standard InChI is InChI=1S/C8H10O4S2/c9-7(10)4-2-5(13)1-3-6(14)8(11)12/h1-4H2,(H,9,10)(H,11,12). The lowest BCUT2D eigenvalue weighted by Gasteiger charge is -2.00. The van der Waals surface area contributed by atoms with Crippen molar-refractivity contribution in [2.45, 2.75) is 25.7 Å². The summed E-state index contributed by atoms with van der Waals surface area (Å²) in [6.45, 7) is 0. The fourth-order valence-electron chi connectivity index (χ4n) is 0.731. The quantitative estimate of drug-likeness (QED) is 0.649. The van der Waals surface area contributed by atoms with Crippen molar-refractivity contribution in [1.82, 2.24) is 0 Å². The predicted molar refractivity (Wildman–Crippen MR) is 58.9 cm³/mol. The second-order valence-corrected chi connectivity index (χ2v) is 3.73. The van der Waals surface area contributed by atoms with Crippen LogP contribution in [0.5, 0.6) is 0 Å². The summed E-state index contributed by atoms with van der Waals surface area (Å²) in [7, 11) is 0. The van der Waals surface area contributed by atoms with Gasteiger partial charge < -0.3 is 10.2 Å². The molecule has 0 amide bonds. The molecule has 0 atom stereocenters. The molecule has 0 unspecified atom stereocenters. The van der Waals surface area contributed by atoms with Gasteiger partial charge in [0.15, 0.2) is 0 Å². The lowest BCUT2D eigenvalue weighted by atomic mass is 10.1. The summed E-state index contributed by atoms with van der Waals surface area (Å²) in [5.41, 5.74) is 0. The molecule has 0 radical (unpaired) electrons. The van der Waals surface area contributed by atoms with Gasteiger partial charge in [-0.25, -0.2) is 4.79 Å². The highest BCUT2D eigenvalue weighted by molar-refractivity contribution is 7.82. The van der Waals surface area contributed by atoms with Gasteiger partial charge in [0, 0.05) is 6.42 Å². The molecule has 0 spiro atoms. The molecule has 0 heterocycles. The van der Waals surface area contributed by atoms with Gasteiger partial charge in [0.1, 0.15) is 4.86 Å². The van der Waals surface area contributed by atoms with E-state index in [2.05, 4.69) is 12.2 Å². The van der Waals surface area contributed by atoms with E-state index in [1.807, 2.05) is 0 Å². The molecule has 0 saturated carbocycles. The summed E-state index contributed by atoms with van der Waals surface area (Å²) in [6, 6.07) is 0. The van der Waals surface area contributed by atoms with E-state index in [-0.39, 0.29) is 17.7 Å². The Labute approximate surface area is 91.9 Å². The third-order valence-electron chi connectivity index (χ3n) is 1.49. The third-order valence-corrected chi connectivity index (χ3v) is 2.27. The summed E-state index contributed by atoms with van der Waals surface area (Å²) < 4.78 is 0. The van der Waals surface area contributed by atoms with Gasteiger partial charge in [0.05, 0.1) is 0 Å². The number of carbonyl (C=O) groups is 2. The van der Waals surface area contributed by atoms with E-state index in [1.54, 1.807) is 0 Å². The molecule has 0 rings (SSSR count). The second kappa shape index (κ2) is 6.56. The topological polar surface area (TPSA) is 74.6 Å². The maximum atomic E-state index is 10.3. The Morgan fingerprint density at radius 2 is 1.43 bits per heavy atom. The number of carboxylic acids is 2. The van der Waals surface area contributed by atoms with Crippen LogP contribution in [0.15, 0.2) is 0 Å². The number of thiocarbonyl (C=S) groups is 2. The summed E-state index contributed by atoms with van der Waals surface area (Å²) in [5, 5.41) is 16.8. The van der Waals surface area contributed by atoms with Crippen molar-refractivity contribution in [2.75, 3.05) is 0 Å². The van der Waals surface area contributed by atoms with Gasteiger partial charge in [-0.05, 0) is 24.1 Å². The molecule has 0 aromatic carbocycles. The van der Waals surface area contributed by atoms with Gasteiger partial charge in [0.2, 0.25) is 0 Å². The van der Waals surface area contributed by atoms with Gasteiger partial charge in [-0.1, -0.05) is 24.4 Å². The summed E-state index contributed by atoms with van der Waals surface area (Å²) in [5.74, 6) is -2.02. The highest BCUT2D eigenvalue weighted by Gasteiger charge is 2.08. The minimum atomic E-state index is -1.11. The summed E-state index contributed by atoms with van der Waals surface area (Å²) in [4.78, 5) is 21.0. The molecule has 0 bridgehead atoms. The van der Waals surface area contributed by atoms with Crippen LogP contribution in [0.4, 0.5) is 0 Å². The highest BCUT2D eigenvalue weighted by Crippen LogP contribution is 2.03. The number of hydrogen-bond acceptors (Lipinski definition) is 4. The number of aliphatic carboxylic acids is 2. The van der Waals surface area contributed by atoms with Crippen LogP contribution in [-0.4, -0.2) is 31.9 Å². The Balaban J connectivity index is 3.69. The van der Waals surface area contributed by atoms with E-state index >= 15 is 0 Å². The Morgan fingerprint density at radius 3 is 1.86 bits per heavy atom. The molecule has 0 fully saturated rings. The molecule has 0 aliphatic heterocycles. The lowest BCUT2D eigenvalue weighted by molar-refractivity contribution is -0.136. The van der Waals surface area contributed by atoms with Crippen LogP contribution < -0.4 is 0 Å². The first kappa shape index (κ1) is 13.1. The largest absolute Gasteiger partial charge is 0.481 e. The molecule has 0 aliphatic carbocycles. The fourth-order valence-corrected chi connectivity index (χ4v) is 1.04. The normalized spacial score (nSPS) is 9.43. The Bertz CT molecular complexity index is 273. The van der Waals surface area contributed by atoms with E-state index in [0.29, 0.717) is 17.7 Å². The monoisotopic (exact) mass is 234 g/mol. The predicted octanol–water partition coefficient (Wildman–Crippen LogP) is 1.46. The van der Waals surface area contributed by atoms with Gasteiger partial charge in [-0.15, -0.1) is 0 Å². The van der Waals surface area contributed by atoms with Crippen molar-refractivity contribution < 1.29 is 19.8 Å². The van der Waals surface area contributed by atoms with Crippen LogP contribution in [-0.2, 0) is 9.59 Å². The molecule has 0 saturated heterocycles. The molecular weight excluding hydrogens is 224 g/mol. The van der Waals surface area contributed by atoms with E-state index in [9.17, 15) is 9.59 Å². The van der Waals surface area contributed by atoms with Crippen molar-refractivity contribution in [3.05, 3.63) is 0 Å². The van der Waals surface area contributed by atoms with Gasteiger partial charge in [-0.3, -0.25) is 4.79 Å². The zero-order valence-corrected chi connectivity index (χ0v) is 8.99. The smallest absolute Gasteiger partial charge is 0.342 e. The molecule has 4 nitrogen and oxygen atoms in total. The third kappa shape index (κ3) is 6.62. The number of rotatable bonds is 7. The lowest BCUT2D eigenvalue weighted by Crippen LogP contribution is -2.11. The van der Waals surface area contributed by atoms with Crippen LogP contribution in [0.2, 0.25) is 0 Å². The molecular formula is C8H10O4S2. The Morgan fingerprint density at radius 1 is 0.929 bits per heavy atom. The van der Waals surface area contributed by atoms with E-state index in [0.717, 1.165) is 0 Å². The SMILES string of the molecule is O=C(O)CCC(=S)CCC(=S)C(=O)O. The summed E-state index contributed by atoms with van der Waals surface area (Å²) in [6.07, 6.45) is 0.864. The van der Waals surface area contributed by atoms with Crippen molar-refractivity contribution in [1.29, 1.82) is 0 Å².